The van der Waals surface area contributed by atoms with Gasteiger partial charge in [-0.3, -0.25) is 4.79 Å². The van der Waals surface area contributed by atoms with E-state index in [4.69, 9.17) is 20.9 Å². The Kier molecular flexibility index (Phi) is 5.59. The molecule has 1 fully saturated rings. The predicted octanol–water partition coefficient (Wildman–Crippen LogP) is 3.13. The maximum Gasteiger partial charge on any atom is 0.263 e. The molecule has 1 aromatic carbocycles. The molecule has 3 aromatic rings. The van der Waals surface area contributed by atoms with Gasteiger partial charge in [-0.1, -0.05) is 16.8 Å². The third kappa shape index (κ3) is 4.30. The van der Waals surface area contributed by atoms with Gasteiger partial charge in [0.05, 0.1) is 24.6 Å². The highest BCUT2D eigenvalue weighted by atomic mass is 35.5. The number of ether oxygens (including phenoxy) is 1. The van der Waals surface area contributed by atoms with Crippen LogP contribution >= 0.6 is 11.6 Å². The van der Waals surface area contributed by atoms with Crippen LogP contribution in [0.1, 0.15) is 17.9 Å². The number of hydrogen-bond donors (Lipinski definition) is 1. The molecule has 0 aliphatic carbocycles. The van der Waals surface area contributed by atoms with Gasteiger partial charge in [-0.15, -0.1) is 0 Å². The number of carbonyl (C=O) groups excluding carboxylic acids is 1. The summed E-state index contributed by atoms with van der Waals surface area (Å²) in [5.41, 5.74) is 1.18. The second-order valence-corrected chi connectivity index (χ2v) is 7.12. The lowest BCUT2D eigenvalue weighted by Gasteiger charge is -2.28. The molecule has 3 heterocycles. The second-order valence-electron chi connectivity index (χ2n) is 6.68. The normalized spacial score (nSPS) is 14.4. The summed E-state index contributed by atoms with van der Waals surface area (Å²) in [6, 6.07) is 4.08. The van der Waals surface area contributed by atoms with E-state index < -0.39 is 5.82 Å². The number of benzene rings is 1. The first-order valence-corrected chi connectivity index (χ1v) is 9.59. The minimum Gasteiger partial charge on any atom is -0.378 e. The predicted molar refractivity (Wildman–Crippen MR) is 106 cm³/mol. The summed E-state index contributed by atoms with van der Waals surface area (Å²) >= 11 is 5.73. The van der Waals surface area contributed by atoms with E-state index in [0.29, 0.717) is 43.5 Å². The van der Waals surface area contributed by atoms with Crippen LogP contribution in [0.15, 0.2) is 22.7 Å². The second kappa shape index (κ2) is 8.30. The van der Waals surface area contributed by atoms with Crippen molar-refractivity contribution in [3.63, 3.8) is 0 Å². The number of fused-ring (bicyclic) bond motifs is 1. The standard InChI is InChI=1S/C19H19ClFN5O3/c1-11-17-18(26-6-8-28-9-7-26)23-15(24-19(17)29-25-11)4-5-16(27)22-14-3-2-12(20)10-13(14)21/h2-3,10H,4-9H2,1H3,(H,22,27). The number of halogens is 2. The van der Waals surface area contributed by atoms with Gasteiger partial charge in [-0.25, -0.2) is 9.37 Å². The fourth-order valence-corrected chi connectivity index (χ4v) is 3.32. The van der Waals surface area contributed by atoms with Gasteiger partial charge in [0.1, 0.15) is 22.8 Å². The molecular formula is C19H19ClFN5O3. The molecule has 4 rings (SSSR count). The molecule has 0 unspecified atom stereocenters. The van der Waals surface area contributed by atoms with Crippen LogP contribution in [0, 0.1) is 12.7 Å². The van der Waals surface area contributed by atoms with Crippen LogP contribution < -0.4 is 10.2 Å². The summed E-state index contributed by atoms with van der Waals surface area (Å²) in [7, 11) is 0. The monoisotopic (exact) mass is 419 g/mol. The molecule has 1 amide bonds. The number of rotatable bonds is 5. The van der Waals surface area contributed by atoms with Gasteiger partial charge < -0.3 is 19.5 Å². The third-order valence-corrected chi connectivity index (χ3v) is 4.86. The molecular weight excluding hydrogens is 401 g/mol. The average Bonchev–Trinajstić information content (AvgIpc) is 3.09. The van der Waals surface area contributed by atoms with Crippen LogP contribution in [0.25, 0.3) is 11.1 Å². The zero-order valence-electron chi connectivity index (χ0n) is 15.7. The Morgan fingerprint density at radius 1 is 1.31 bits per heavy atom. The number of amides is 1. The first kappa shape index (κ1) is 19.5. The number of anilines is 2. The summed E-state index contributed by atoms with van der Waals surface area (Å²) in [6.45, 7) is 4.46. The van der Waals surface area contributed by atoms with Crippen LogP contribution in [0.5, 0.6) is 0 Å². The van der Waals surface area contributed by atoms with E-state index in [9.17, 15) is 9.18 Å². The molecule has 0 saturated carbocycles. The van der Waals surface area contributed by atoms with Gasteiger partial charge in [0.15, 0.2) is 0 Å². The zero-order chi connectivity index (χ0) is 20.4. The molecule has 1 N–H and O–H groups in total. The fourth-order valence-electron chi connectivity index (χ4n) is 3.16. The summed E-state index contributed by atoms with van der Waals surface area (Å²) in [5, 5.41) is 7.56. The Hall–Kier alpha value is -2.78. The lowest BCUT2D eigenvalue weighted by molar-refractivity contribution is -0.116. The molecule has 0 spiro atoms. The van der Waals surface area contributed by atoms with Gasteiger partial charge >= 0.3 is 0 Å². The zero-order valence-corrected chi connectivity index (χ0v) is 16.5. The summed E-state index contributed by atoms with van der Waals surface area (Å²) in [5.74, 6) is 0.255. The number of carbonyl (C=O) groups is 1. The van der Waals surface area contributed by atoms with Crippen molar-refractivity contribution in [3.8, 4) is 0 Å². The molecule has 1 saturated heterocycles. The largest absolute Gasteiger partial charge is 0.378 e. The van der Waals surface area contributed by atoms with Gasteiger partial charge in [-0.2, -0.15) is 4.98 Å². The van der Waals surface area contributed by atoms with E-state index >= 15 is 0 Å². The number of nitrogens with one attached hydrogen (secondary N) is 1. The Balaban J connectivity index is 1.51. The highest BCUT2D eigenvalue weighted by Crippen LogP contribution is 2.28. The van der Waals surface area contributed by atoms with Crippen LogP contribution in [0.4, 0.5) is 15.9 Å². The van der Waals surface area contributed by atoms with Crippen molar-refractivity contribution in [2.75, 3.05) is 36.5 Å². The Morgan fingerprint density at radius 3 is 2.86 bits per heavy atom. The van der Waals surface area contributed by atoms with Gasteiger partial charge in [0.2, 0.25) is 5.91 Å². The number of aryl methyl sites for hydroxylation is 2. The Morgan fingerprint density at radius 2 is 2.10 bits per heavy atom. The highest BCUT2D eigenvalue weighted by molar-refractivity contribution is 6.30. The molecule has 8 nitrogen and oxygen atoms in total. The van der Waals surface area contributed by atoms with Crippen molar-refractivity contribution < 1.29 is 18.4 Å². The first-order valence-electron chi connectivity index (χ1n) is 9.22. The first-order chi connectivity index (χ1) is 14.0. The molecule has 2 aromatic heterocycles. The van der Waals surface area contributed by atoms with Crippen LogP contribution in [-0.2, 0) is 16.0 Å². The average molecular weight is 420 g/mol. The van der Waals surface area contributed by atoms with Crippen LogP contribution in [-0.4, -0.2) is 47.3 Å². The van der Waals surface area contributed by atoms with E-state index in [1.54, 1.807) is 0 Å². The summed E-state index contributed by atoms with van der Waals surface area (Å²) < 4.78 is 24.6. The summed E-state index contributed by atoms with van der Waals surface area (Å²) in [6.07, 6.45) is 0.358. The molecule has 10 heteroatoms. The van der Waals surface area contributed by atoms with Gasteiger partial charge in [-0.05, 0) is 25.1 Å². The Bertz CT molecular complexity index is 1050. The quantitative estimate of drug-likeness (QED) is 0.679. The van der Waals surface area contributed by atoms with Gasteiger partial charge in [0.25, 0.3) is 5.71 Å². The maximum absolute atomic E-state index is 13.9. The molecule has 152 valence electrons. The van der Waals surface area contributed by atoms with E-state index in [-0.39, 0.29) is 29.5 Å². The molecule has 29 heavy (non-hydrogen) atoms. The van der Waals surface area contributed by atoms with E-state index in [1.807, 2.05) is 6.92 Å². The van der Waals surface area contributed by atoms with Crippen molar-refractivity contribution in [2.45, 2.75) is 19.8 Å². The topological polar surface area (TPSA) is 93.4 Å². The molecule has 0 radical (unpaired) electrons. The molecule has 0 bridgehead atoms. The van der Waals surface area contributed by atoms with E-state index in [1.165, 1.54) is 12.1 Å². The number of aromatic nitrogens is 3. The smallest absolute Gasteiger partial charge is 0.263 e. The molecule has 1 aliphatic heterocycles. The fraction of sp³-hybridized carbons (Fsp3) is 0.368. The van der Waals surface area contributed by atoms with E-state index in [0.717, 1.165) is 17.3 Å². The summed E-state index contributed by atoms with van der Waals surface area (Å²) in [4.78, 5) is 23.4. The Labute approximate surface area is 171 Å². The van der Waals surface area contributed by atoms with E-state index in [2.05, 4.69) is 25.3 Å². The van der Waals surface area contributed by atoms with Gasteiger partial charge in [0, 0.05) is 31.0 Å². The van der Waals surface area contributed by atoms with Crippen LogP contribution in [0.3, 0.4) is 0 Å². The lowest BCUT2D eigenvalue weighted by atomic mass is 10.2. The minimum atomic E-state index is -0.588. The van der Waals surface area contributed by atoms with Crippen molar-refractivity contribution in [3.05, 3.63) is 40.6 Å². The number of hydrogen-bond acceptors (Lipinski definition) is 7. The van der Waals surface area contributed by atoms with Crippen molar-refractivity contribution in [1.29, 1.82) is 0 Å². The SMILES string of the molecule is Cc1noc2nc(CCC(=O)Nc3ccc(Cl)cc3F)nc(N3CCOCC3)c12. The van der Waals surface area contributed by atoms with Crippen LogP contribution in [0.2, 0.25) is 5.02 Å². The van der Waals surface area contributed by atoms with Crippen molar-refractivity contribution in [2.24, 2.45) is 0 Å². The number of nitrogens with zero attached hydrogens (tertiary/aromatic N) is 4. The highest BCUT2D eigenvalue weighted by Gasteiger charge is 2.22. The molecule has 0 atom stereocenters. The lowest BCUT2D eigenvalue weighted by Crippen LogP contribution is -2.37. The van der Waals surface area contributed by atoms with Crippen molar-refractivity contribution >= 4 is 40.1 Å². The number of morpholine rings is 1. The minimum absolute atomic E-state index is 0.0793. The third-order valence-electron chi connectivity index (χ3n) is 4.63. The van der Waals surface area contributed by atoms with Crippen molar-refractivity contribution in [1.82, 2.24) is 15.1 Å². The maximum atomic E-state index is 13.9. The molecule has 1 aliphatic rings.